The lowest BCUT2D eigenvalue weighted by Crippen LogP contribution is -2.33. The van der Waals surface area contributed by atoms with Crippen LogP contribution in [0.4, 0.5) is 22.0 Å². The van der Waals surface area contributed by atoms with E-state index >= 15 is 0 Å². The van der Waals surface area contributed by atoms with E-state index in [0.717, 1.165) is 11.0 Å². The van der Waals surface area contributed by atoms with Gasteiger partial charge in [-0.3, -0.25) is 9.69 Å². The molecule has 0 radical (unpaired) electrons. The monoisotopic (exact) mass is 433 g/mol. The average molecular weight is 433 g/mol. The molecular formula is C19H20F5N3O3. The molecule has 0 saturated heterocycles. The number of ether oxygens (including phenoxy) is 2. The molecular weight excluding hydrogens is 413 g/mol. The summed E-state index contributed by atoms with van der Waals surface area (Å²) in [6, 6.07) is 2.83. The number of benzene rings is 1. The van der Waals surface area contributed by atoms with Crippen molar-refractivity contribution in [3.8, 4) is 5.75 Å². The van der Waals surface area contributed by atoms with Gasteiger partial charge in [0.1, 0.15) is 12.4 Å². The van der Waals surface area contributed by atoms with Gasteiger partial charge in [0.2, 0.25) is 6.41 Å². The number of allylic oxidation sites excluding steroid dienone is 2. The number of hydrogen-bond acceptors (Lipinski definition) is 4. The van der Waals surface area contributed by atoms with Crippen LogP contribution in [0, 0.1) is 11.7 Å². The molecule has 2 atom stereocenters. The van der Waals surface area contributed by atoms with Crippen molar-refractivity contribution < 1.29 is 36.2 Å². The molecule has 0 bridgehead atoms. The van der Waals surface area contributed by atoms with Gasteiger partial charge in [-0.2, -0.15) is 8.78 Å². The third kappa shape index (κ3) is 6.46. The van der Waals surface area contributed by atoms with Crippen LogP contribution in [0.25, 0.3) is 0 Å². The van der Waals surface area contributed by atoms with Crippen LogP contribution in [0.15, 0.2) is 47.2 Å². The topological polar surface area (TPSA) is 77.2 Å². The number of guanidine groups is 1. The number of hydrogen-bond donors (Lipinski definition) is 1. The number of halogens is 5. The quantitative estimate of drug-likeness (QED) is 0.279. The molecule has 1 aliphatic carbocycles. The van der Waals surface area contributed by atoms with E-state index in [2.05, 4.69) is 9.73 Å². The van der Waals surface area contributed by atoms with Crippen LogP contribution in [0.5, 0.6) is 5.75 Å². The van der Waals surface area contributed by atoms with Gasteiger partial charge in [0.05, 0.1) is 6.04 Å². The molecule has 1 aliphatic rings. The molecule has 2 N–H and O–H groups in total. The normalized spacial score (nSPS) is 17.7. The Labute approximate surface area is 169 Å². The molecule has 1 aromatic rings. The first kappa shape index (κ1) is 23.2. The van der Waals surface area contributed by atoms with Gasteiger partial charge in [-0.25, -0.2) is 18.2 Å². The Kier molecular flexibility index (Phi) is 8.19. The minimum atomic E-state index is -2.98. The van der Waals surface area contributed by atoms with Gasteiger partial charge < -0.3 is 15.2 Å². The van der Waals surface area contributed by atoms with Crippen molar-refractivity contribution in [2.45, 2.75) is 25.5 Å². The van der Waals surface area contributed by atoms with Crippen molar-refractivity contribution in [2.24, 2.45) is 16.6 Å². The molecule has 30 heavy (non-hydrogen) atoms. The highest BCUT2D eigenvalue weighted by atomic mass is 19.3. The molecule has 0 spiro atoms. The third-order valence-corrected chi connectivity index (χ3v) is 4.18. The van der Waals surface area contributed by atoms with E-state index in [0.29, 0.717) is 12.0 Å². The lowest BCUT2D eigenvalue weighted by atomic mass is 9.88. The minimum absolute atomic E-state index is 0.0259. The second-order valence-corrected chi connectivity index (χ2v) is 6.28. The summed E-state index contributed by atoms with van der Waals surface area (Å²) in [5.41, 5.74) is 6.17. The van der Waals surface area contributed by atoms with Crippen LogP contribution in [0.2, 0.25) is 0 Å². The fourth-order valence-corrected chi connectivity index (χ4v) is 2.71. The Bertz CT molecular complexity index is 830. The molecule has 0 fully saturated rings. The molecule has 1 amide bonds. The molecule has 0 heterocycles. The predicted octanol–water partition coefficient (Wildman–Crippen LogP) is 3.61. The summed E-state index contributed by atoms with van der Waals surface area (Å²) in [7, 11) is 1.37. The molecule has 1 aromatic carbocycles. The first-order valence-electron chi connectivity index (χ1n) is 8.76. The molecule has 0 aromatic heterocycles. The summed E-state index contributed by atoms with van der Waals surface area (Å²) >= 11 is 0. The van der Waals surface area contributed by atoms with Gasteiger partial charge in [0, 0.05) is 13.0 Å². The number of carbonyl (C=O) groups excluding carboxylic acids is 1. The van der Waals surface area contributed by atoms with Crippen LogP contribution in [0.1, 0.15) is 18.0 Å². The van der Waals surface area contributed by atoms with Crippen molar-refractivity contribution in [3.05, 3.63) is 53.6 Å². The van der Waals surface area contributed by atoms with E-state index in [1.165, 1.54) is 31.3 Å². The molecule has 0 aliphatic heterocycles. The molecule has 0 saturated carbocycles. The summed E-state index contributed by atoms with van der Waals surface area (Å²) in [5.74, 6) is -1.84. The Hall–Kier alpha value is -3.11. The van der Waals surface area contributed by atoms with E-state index in [1.54, 1.807) is 6.08 Å². The summed E-state index contributed by atoms with van der Waals surface area (Å²) in [5, 5.41) is 0. The van der Waals surface area contributed by atoms with Crippen LogP contribution < -0.4 is 10.5 Å². The standard InChI is InChI=1S/C19H20F5N3O3/c1-27(10-28)19(25)26-17(11-2-5-13(6-3-11)30-18(23)24)12-4-7-14(20)15(8-12)29-9-16(21)22/h2,4-8,10-11,16-18H,3,9H2,1H3,(H2,25,26)/t11?,17-/m1/s1. The maximum atomic E-state index is 13.9. The van der Waals surface area contributed by atoms with Crippen molar-refractivity contribution in [1.82, 2.24) is 4.90 Å². The highest BCUT2D eigenvalue weighted by Gasteiger charge is 2.25. The third-order valence-electron chi connectivity index (χ3n) is 4.18. The number of nitrogens with zero attached hydrogens (tertiary/aromatic N) is 2. The highest BCUT2D eigenvalue weighted by Crippen LogP contribution is 2.35. The summed E-state index contributed by atoms with van der Waals surface area (Å²) < 4.78 is 72.7. The molecule has 2 rings (SSSR count). The number of nitrogens with two attached hydrogens (primary N) is 1. The second kappa shape index (κ2) is 10.6. The van der Waals surface area contributed by atoms with Gasteiger partial charge in [-0.1, -0.05) is 12.1 Å². The van der Waals surface area contributed by atoms with Crippen LogP contribution in [-0.4, -0.2) is 44.0 Å². The largest absolute Gasteiger partial charge is 0.485 e. The number of carbonyl (C=O) groups is 1. The lowest BCUT2D eigenvalue weighted by Gasteiger charge is -2.25. The minimum Gasteiger partial charge on any atom is -0.485 e. The van der Waals surface area contributed by atoms with Gasteiger partial charge >= 0.3 is 6.61 Å². The second-order valence-electron chi connectivity index (χ2n) is 6.28. The highest BCUT2D eigenvalue weighted by molar-refractivity contribution is 5.87. The number of aliphatic imine (C=N–C) groups is 1. The summed E-state index contributed by atoms with van der Waals surface area (Å²) in [6.07, 6.45) is 2.18. The van der Waals surface area contributed by atoms with Gasteiger partial charge in [0.15, 0.2) is 17.5 Å². The SMILES string of the molecule is CN(C=O)/C(N)=N\[C@@H](c1ccc(F)c(OCC(F)F)c1)C1C=CC(OC(F)F)=CC1. The van der Waals surface area contributed by atoms with Gasteiger partial charge in [-0.05, 0) is 36.3 Å². The van der Waals surface area contributed by atoms with Gasteiger partial charge in [-0.15, -0.1) is 0 Å². The van der Waals surface area contributed by atoms with E-state index in [4.69, 9.17) is 10.5 Å². The maximum Gasteiger partial charge on any atom is 0.387 e. The number of alkyl halides is 4. The fraction of sp³-hybridized carbons (Fsp3) is 0.368. The Morgan fingerprint density at radius 3 is 2.67 bits per heavy atom. The number of rotatable bonds is 9. The molecule has 1 unspecified atom stereocenters. The van der Waals surface area contributed by atoms with Crippen molar-refractivity contribution in [3.63, 3.8) is 0 Å². The lowest BCUT2D eigenvalue weighted by molar-refractivity contribution is -0.114. The zero-order valence-electron chi connectivity index (χ0n) is 15.9. The van der Waals surface area contributed by atoms with Crippen LogP contribution in [0.3, 0.4) is 0 Å². The van der Waals surface area contributed by atoms with Crippen molar-refractivity contribution in [1.29, 1.82) is 0 Å². The number of amides is 1. The first-order chi connectivity index (χ1) is 14.2. The Morgan fingerprint density at radius 2 is 2.10 bits per heavy atom. The molecule has 6 nitrogen and oxygen atoms in total. The predicted molar refractivity (Wildman–Crippen MR) is 98.5 cm³/mol. The van der Waals surface area contributed by atoms with E-state index in [-0.39, 0.29) is 18.1 Å². The van der Waals surface area contributed by atoms with E-state index in [9.17, 15) is 26.7 Å². The Morgan fingerprint density at radius 1 is 1.37 bits per heavy atom. The zero-order valence-corrected chi connectivity index (χ0v) is 15.9. The van der Waals surface area contributed by atoms with Crippen molar-refractivity contribution in [2.75, 3.05) is 13.7 Å². The molecule has 164 valence electrons. The van der Waals surface area contributed by atoms with Crippen LogP contribution >= 0.6 is 0 Å². The smallest absolute Gasteiger partial charge is 0.387 e. The van der Waals surface area contributed by atoms with E-state index in [1.807, 2.05) is 0 Å². The van der Waals surface area contributed by atoms with Gasteiger partial charge in [0.25, 0.3) is 6.43 Å². The van der Waals surface area contributed by atoms with Crippen molar-refractivity contribution >= 4 is 12.4 Å². The summed E-state index contributed by atoms with van der Waals surface area (Å²) in [4.78, 5) is 16.2. The Balaban J connectivity index is 2.36. The zero-order chi connectivity index (χ0) is 22.3. The maximum absolute atomic E-state index is 13.9. The fourth-order valence-electron chi connectivity index (χ4n) is 2.71. The average Bonchev–Trinajstić information content (AvgIpc) is 2.71. The first-order valence-corrected chi connectivity index (χ1v) is 8.76. The van der Waals surface area contributed by atoms with E-state index < -0.39 is 43.2 Å². The molecule has 11 heteroatoms. The summed E-state index contributed by atoms with van der Waals surface area (Å²) in [6.45, 7) is -3.97. The van der Waals surface area contributed by atoms with Crippen LogP contribution in [-0.2, 0) is 9.53 Å².